The number of carbonyl (C=O) groups excluding carboxylic acids is 1. The molecular formula is C27H24O6. The van der Waals surface area contributed by atoms with Gasteiger partial charge in [-0.15, -0.1) is 0 Å². The Kier molecular flexibility index (Phi) is 5.92. The van der Waals surface area contributed by atoms with Gasteiger partial charge in [-0.3, -0.25) is 4.79 Å². The van der Waals surface area contributed by atoms with Gasteiger partial charge in [0.25, 0.3) is 0 Å². The van der Waals surface area contributed by atoms with Crippen molar-refractivity contribution in [2.75, 3.05) is 7.11 Å². The summed E-state index contributed by atoms with van der Waals surface area (Å²) < 4.78 is 21.9. The topological polar surface area (TPSA) is 75.0 Å². The monoisotopic (exact) mass is 444 g/mol. The molecule has 0 saturated heterocycles. The summed E-state index contributed by atoms with van der Waals surface area (Å²) in [5, 5.41) is 0.310. The van der Waals surface area contributed by atoms with Crippen molar-refractivity contribution in [3.63, 3.8) is 0 Å². The minimum Gasteiger partial charge on any atom is -0.497 e. The number of rotatable bonds is 5. The van der Waals surface area contributed by atoms with Crippen molar-refractivity contribution < 1.29 is 23.4 Å². The molecule has 4 aromatic rings. The van der Waals surface area contributed by atoms with E-state index in [1.807, 2.05) is 12.1 Å². The van der Waals surface area contributed by atoms with Crippen LogP contribution in [0.15, 0.2) is 82.2 Å². The molecule has 6 heteroatoms. The van der Waals surface area contributed by atoms with Crippen LogP contribution in [-0.4, -0.2) is 13.1 Å². The molecule has 0 aliphatic heterocycles. The second-order valence-electron chi connectivity index (χ2n) is 8.58. The van der Waals surface area contributed by atoms with E-state index >= 15 is 0 Å². The van der Waals surface area contributed by atoms with Gasteiger partial charge in [-0.25, -0.2) is 4.79 Å². The van der Waals surface area contributed by atoms with Gasteiger partial charge in [0.15, 0.2) is 0 Å². The SMILES string of the molecule is COc1cccc(Oc2coc3cc(OC(=O)c4ccc(C(C)(C)C)cc4)ccc3c2=O)c1. The molecule has 168 valence electrons. The van der Waals surface area contributed by atoms with E-state index in [1.165, 1.54) is 12.3 Å². The van der Waals surface area contributed by atoms with Crippen molar-refractivity contribution in [3.8, 4) is 23.0 Å². The third-order valence-electron chi connectivity index (χ3n) is 5.18. The van der Waals surface area contributed by atoms with E-state index in [4.69, 9.17) is 18.6 Å². The van der Waals surface area contributed by atoms with Crippen LogP contribution in [0.3, 0.4) is 0 Å². The highest BCUT2D eigenvalue weighted by Crippen LogP contribution is 2.27. The molecule has 0 radical (unpaired) electrons. The maximum Gasteiger partial charge on any atom is 0.343 e. The number of ether oxygens (including phenoxy) is 3. The Morgan fingerprint density at radius 3 is 2.30 bits per heavy atom. The number of hydrogen-bond donors (Lipinski definition) is 0. The number of hydrogen-bond acceptors (Lipinski definition) is 6. The van der Waals surface area contributed by atoms with Crippen LogP contribution < -0.4 is 19.6 Å². The molecule has 0 spiro atoms. The van der Waals surface area contributed by atoms with Crippen LogP contribution in [0.25, 0.3) is 11.0 Å². The summed E-state index contributed by atoms with van der Waals surface area (Å²) in [5.41, 5.74) is 1.50. The molecule has 3 aromatic carbocycles. The third-order valence-corrected chi connectivity index (χ3v) is 5.18. The lowest BCUT2D eigenvalue weighted by molar-refractivity contribution is 0.0735. The van der Waals surface area contributed by atoms with E-state index in [0.717, 1.165) is 5.56 Å². The molecule has 0 fully saturated rings. The fourth-order valence-corrected chi connectivity index (χ4v) is 3.29. The summed E-state index contributed by atoms with van der Waals surface area (Å²) >= 11 is 0. The first-order chi connectivity index (χ1) is 15.7. The lowest BCUT2D eigenvalue weighted by Crippen LogP contribution is -2.13. The van der Waals surface area contributed by atoms with Gasteiger partial charge < -0.3 is 18.6 Å². The molecule has 0 saturated carbocycles. The molecular weight excluding hydrogens is 420 g/mol. The Balaban J connectivity index is 1.54. The van der Waals surface area contributed by atoms with Gasteiger partial charge in [0.05, 0.1) is 18.1 Å². The summed E-state index contributed by atoms with van der Waals surface area (Å²) in [4.78, 5) is 25.4. The van der Waals surface area contributed by atoms with Gasteiger partial charge in [0, 0.05) is 12.1 Å². The predicted molar refractivity (Wildman–Crippen MR) is 126 cm³/mol. The first-order valence-corrected chi connectivity index (χ1v) is 10.4. The van der Waals surface area contributed by atoms with Crippen molar-refractivity contribution in [3.05, 3.63) is 94.3 Å². The normalized spacial score (nSPS) is 11.3. The Morgan fingerprint density at radius 1 is 0.879 bits per heavy atom. The zero-order valence-electron chi connectivity index (χ0n) is 18.9. The molecule has 1 aromatic heterocycles. The number of esters is 1. The van der Waals surface area contributed by atoms with Crippen molar-refractivity contribution in [2.45, 2.75) is 26.2 Å². The van der Waals surface area contributed by atoms with Crippen LogP contribution >= 0.6 is 0 Å². The van der Waals surface area contributed by atoms with Crippen LogP contribution in [0.1, 0.15) is 36.7 Å². The van der Waals surface area contributed by atoms with Gasteiger partial charge in [-0.1, -0.05) is 39.0 Å². The van der Waals surface area contributed by atoms with Crippen LogP contribution in [0.5, 0.6) is 23.0 Å². The lowest BCUT2D eigenvalue weighted by atomic mass is 9.87. The molecule has 0 N–H and O–H groups in total. The summed E-state index contributed by atoms with van der Waals surface area (Å²) in [6.07, 6.45) is 1.24. The highest BCUT2D eigenvalue weighted by molar-refractivity contribution is 5.91. The second kappa shape index (κ2) is 8.82. The van der Waals surface area contributed by atoms with Crippen molar-refractivity contribution >= 4 is 16.9 Å². The molecule has 0 amide bonds. The molecule has 1 heterocycles. The Labute approximate surface area is 191 Å². The van der Waals surface area contributed by atoms with E-state index in [1.54, 1.807) is 55.6 Å². The van der Waals surface area contributed by atoms with E-state index in [0.29, 0.717) is 22.4 Å². The van der Waals surface area contributed by atoms with Crippen LogP contribution in [0.4, 0.5) is 0 Å². The summed E-state index contributed by atoms with van der Waals surface area (Å²) in [6, 6.07) is 18.8. The summed E-state index contributed by atoms with van der Waals surface area (Å²) in [7, 11) is 1.55. The van der Waals surface area contributed by atoms with Crippen molar-refractivity contribution in [2.24, 2.45) is 0 Å². The molecule has 0 atom stereocenters. The van der Waals surface area contributed by atoms with Crippen molar-refractivity contribution in [1.82, 2.24) is 0 Å². The standard InChI is InChI=1S/C27H24O6/c1-27(2,3)18-10-8-17(9-11-18)26(29)33-21-12-13-22-23(15-21)31-16-24(25(22)28)32-20-7-5-6-19(14-20)30-4/h5-16H,1-4H3. The van der Waals surface area contributed by atoms with E-state index < -0.39 is 5.97 Å². The zero-order chi connectivity index (χ0) is 23.6. The average Bonchev–Trinajstić information content (AvgIpc) is 2.80. The average molecular weight is 444 g/mol. The number of fused-ring (bicyclic) bond motifs is 1. The molecule has 0 unspecified atom stereocenters. The first kappa shape index (κ1) is 22.1. The number of benzene rings is 3. The fraction of sp³-hybridized carbons (Fsp3) is 0.185. The first-order valence-electron chi connectivity index (χ1n) is 10.4. The molecule has 6 nitrogen and oxygen atoms in total. The minimum atomic E-state index is -0.491. The van der Waals surface area contributed by atoms with Gasteiger partial charge >= 0.3 is 5.97 Å². The molecule has 0 bridgehead atoms. The smallest absolute Gasteiger partial charge is 0.343 e. The maximum atomic E-state index is 12.8. The van der Waals surface area contributed by atoms with Gasteiger partial charge in [-0.2, -0.15) is 0 Å². The van der Waals surface area contributed by atoms with Crippen LogP contribution in [0.2, 0.25) is 0 Å². The molecule has 4 rings (SSSR count). The Hall–Kier alpha value is -4.06. The highest BCUT2D eigenvalue weighted by atomic mass is 16.5. The third kappa shape index (κ3) is 4.90. The largest absolute Gasteiger partial charge is 0.497 e. The van der Waals surface area contributed by atoms with Crippen LogP contribution in [-0.2, 0) is 5.41 Å². The second-order valence-corrected chi connectivity index (χ2v) is 8.58. The minimum absolute atomic E-state index is 0.00648. The molecule has 0 aliphatic carbocycles. The maximum absolute atomic E-state index is 12.8. The Morgan fingerprint density at radius 2 is 1.61 bits per heavy atom. The quantitative estimate of drug-likeness (QED) is 0.273. The zero-order valence-corrected chi connectivity index (χ0v) is 18.9. The van der Waals surface area contributed by atoms with E-state index in [2.05, 4.69) is 20.8 Å². The van der Waals surface area contributed by atoms with E-state index in [-0.39, 0.29) is 27.9 Å². The predicted octanol–water partition coefficient (Wildman–Crippen LogP) is 6.11. The van der Waals surface area contributed by atoms with Gasteiger partial charge in [-0.05, 0) is 47.4 Å². The summed E-state index contributed by atoms with van der Waals surface area (Å²) in [5.74, 6) is 0.882. The van der Waals surface area contributed by atoms with E-state index in [9.17, 15) is 9.59 Å². The highest BCUT2D eigenvalue weighted by Gasteiger charge is 2.16. The fourth-order valence-electron chi connectivity index (χ4n) is 3.29. The summed E-state index contributed by atoms with van der Waals surface area (Å²) in [6.45, 7) is 6.32. The number of methoxy groups -OCH3 is 1. The molecule has 33 heavy (non-hydrogen) atoms. The molecule has 0 aliphatic rings. The lowest BCUT2D eigenvalue weighted by Gasteiger charge is -2.18. The number of carbonyl (C=O) groups is 1. The van der Waals surface area contributed by atoms with Crippen molar-refractivity contribution in [1.29, 1.82) is 0 Å². The van der Waals surface area contributed by atoms with Gasteiger partial charge in [0.2, 0.25) is 11.2 Å². The Bertz CT molecular complexity index is 1360. The van der Waals surface area contributed by atoms with Crippen LogP contribution in [0, 0.1) is 0 Å². The van der Waals surface area contributed by atoms with Gasteiger partial charge in [0.1, 0.15) is 29.1 Å².